The number of nitrogens with two attached hydrogens (primary N) is 1. The van der Waals surface area contributed by atoms with E-state index in [1.807, 2.05) is 17.5 Å². The largest absolute Gasteiger partial charge is 0.384 e. The van der Waals surface area contributed by atoms with Gasteiger partial charge in [0.2, 0.25) is 0 Å². The molecule has 0 saturated carbocycles. The van der Waals surface area contributed by atoms with Crippen molar-refractivity contribution in [2.24, 2.45) is 12.8 Å². The van der Waals surface area contributed by atoms with E-state index in [0.29, 0.717) is 11.6 Å². The van der Waals surface area contributed by atoms with Gasteiger partial charge in [-0.05, 0) is 11.4 Å². The van der Waals surface area contributed by atoms with Crippen LogP contribution in [0, 0.1) is 0 Å². The van der Waals surface area contributed by atoms with Crippen molar-refractivity contribution in [1.29, 1.82) is 0 Å². The van der Waals surface area contributed by atoms with Gasteiger partial charge in [0.05, 0.1) is 4.88 Å². The van der Waals surface area contributed by atoms with Crippen LogP contribution in [0.15, 0.2) is 17.5 Å². The van der Waals surface area contributed by atoms with E-state index in [1.165, 1.54) is 0 Å². The van der Waals surface area contributed by atoms with Crippen LogP contribution in [-0.4, -0.2) is 26.4 Å². The fraction of sp³-hybridized carbons (Fsp3) is 0.333. The standard InChI is InChI=1S/C9H12N4OS/c1-13-9(6(14)5-10)11-8(12-13)7-3-2-4-15-7/h2-4,6,14H,5,10H2,1H3. The molecule has 3 N–H and O–H groups in total. The first-order valence-corrected chi connectivity index (χ1v) is 5.43. The minimum absolute atomic E-state index is 0.149. The Bertz CT molecular complexity index is 437. The Morgan fingerprint density at radius 2 is 2.47 bits per heavy atom. The molecule has 5 nitrogen and oxygen atoms in total. The maximum atomic E-state index is 9.58. The average Bonchev–Trinajstić information content (AvgIpc) is 2.84. The highest BCUT2D eigenvalue weighted by molar-refractivity contribution is 7.13. The maximum absolute atomic E-state index is 9.58. The quantitative estimate of drug-likeness (QED) is 0.797. The Morgan fingerprint density at radius 1 is 1.67 bits per heavy atom. The number of aryl methyl sites for hydroxylation is 1. The third-order valence-corrected chi connectivity index (χ3v) is 2.93. The summed E-state index contributed by atoms with van der Waals surface area (Å²) in [4.78, 5) is 5.24. The van der Waals surface area contributed by atoms with Gasteiger partial charge >= 0.3 is 0 Å². The lowest BCUT2D eigenvalue weighted by Gasteiger charge is -2.04. The SMILES string of the molecule is Cn1nc(-c2cccs2)nc1C(O)CN. The first-order chi connectivity index (χ1) is 7.22. The molecule has 0 aliphatic carbocycles. The van der Waals surface area contributed by atoms with E-state index in [0.717, 1.165) is 4.88 Å². The van der Waals surface area contributed by atoms with E-state index in [9.17, 15) is 5.11 Å². The van der Waals surface area contributed by atoms with Crippen molar-refractivity contribution in [1.82, 2.24) is 14.8 Å². The number of rotatable bonds is 3. The van der Waals surface area contributed by atoms with Crippen molar-refractivity contribution in [2.75, 3.05) is 6.54 Å². The van der Waals surface area contributed by atoms with Gasteiger partial charge in [-0.2, -0.15) is 5.10 Å². The van der Waals surface area contributed by atoms with Crippen LogP contribution in [0.4, 0.5) is 0 Å². The molecule has 6 heteroatoms. The Labute approximate surface area is 91.2 Å². The maximum Gasteiger partial charge on any atom is 0.191 e. The molecule has 0 aliphatic rings. The molecule has 2 aromatic heterocycles. The highest BCUT2D eigenvalue weighted by Gasteiger charge is 2.15. The zero-order chi connectivity index (χ0) is 10.8. The number of nitrogens with zero attached hydrogens (tertiary/aromatic N) is 3. The van der Waals surface area contributed by atoms with Crippen LogP contribution < -0.4 is 5.73 Å². The Hall–Kier alpha value is -1.24. The van der Waals surface area contributed by atoms with Crippen molar-refractivity contribution in [3.05, 3.63) is 23.3 Å². The van der Waals surface area contributed by atoms with Crippen molar-refractivity contribution >= 4 is 11.3 Å². The second-order valence-corrected chi connectivity index (χ2v) is 4.09. The molecule has 0 bridgehead atoms. The van der Waals surface area contributed by atoms with Gasteiger partial charge in [0.25, 0.3) is 0 Å². The summed E-state index contributed by atoms with van der Waals surface area (Å²) in [6, 6.07) is 3.88. The molecule has 0 aliphatic heterocycles. The molecule has 0 radical (unpaired) electrons. The predicted molar refractivity (Wildman–Crippen MR) is 58.3 cm³/mol. The fourth-order valence-electron chi connectivity index (χ4n) is 1.30. The van der Waals surface area contributed by atoms with Crippen molar-refractivity contribution in [3.63, 3.8) is 0 Å². The predicted octanol–water partition coefficient (Wildman–Crippen LogP) is 0.536. The van der Waals surface area contributed by atoms with Crippen LogP contribution in [-0.2, 0) is 7.05 Å². The van der Waals surface area contributed by atoms with Gasteiger partial charge < -0.3 is 10.8 Å². The minimum Gasteiger partial charge on any atom is -0.384 e. The van der Waals surface area contributed by atoms with Gasteiger partial charge in [0, 0.05) is 13.6 Å². The molecular weight excluding hydrogens is 212 g/mol. The van der Waals surface area contributed by atoms with Crippen molar-refractivity contribution in [3.8, 4) is 10.7 Å². The second-order valence-electron chi connectivity index (χ2n) is 3.15. The van der Waals surface area contributed by atoms with Crippen LogP contribution in [0.5, 0.6) is 0 Å². The molecule has 15 heavy (non-hydrogen) atoms. The lowest BCUT2D eigenvalue weighted by molar-refractivity contribution is 0.172. The zero-order valence-corrected chi connectivity index (χ0v) is 9.11. The first kappa shape index (κ1) is 10.3. The van der Waals surface area contributed by atoms with Crippen molar-refractivity contribution in [2.45, 2.75) is 6.10 Å². The second kappa shape index (κ2) is 4.09. The number of aliphatic hydroxyl groups is 1. The average molecular weight is 224 g/mol. The molecule has 2 rings (SSSR count). The summed E-state index contributed by atoms with van der Waals surface area (Å²) >= 11 is 1.57. The lowest BCUT2D eigenvalue weighted by atomic mass is 10.3. The van der Waals surface area contributed by atoms with Gasteiger partial charge in [0.1, 0.15) is 6.10 Å². The van der Waals surface area contributed by atoms with E-state index in [2.05, 4.69) is 10.1 Å². The van der Waals surface area contributed by atoms with E-state index in [4.69, 9.17) is 5.73 Å². The van der Waals surface area contributed by atoms with Crippen LogP contribution in [0.25, 0.3) is 10.7 Å². The molecule has 1 unspecified atom stereocenters. The topological polar surface area (TPSA) is 77.0 Å². The van der Waals surface area contributed by atoms with Gasteiger partial charge in [-0.15, -0.1) is 11.3 Å². The molecule has 0 saturated heterocycles. The van der Waals surface area contributed by atoms with Crippen LogP contribution in [0.2, 0.25) is 0 Å². The fourth-order valence-corrected chi connectivity index (χ4v) is 1.96. The first-order valence-electron chi connectivity index (χ1n) is 4.55. The van der Waals surface area contributed by atoms with Gasteiger partial charge in [-0.1, -0.05) is 6.07 Å². The molecule has 1 atom stereocenters. The third-order valence-electron chi connectivity index (χ3n) is 2.06. The van der Waals surface area contributed by atoms with Crippen LogP contribution in [0.1, 0.15) is 11.9 Å². The summed E-state index contributed by atoms with van der Waals surface area (Å²) in [5, 5.41) is 15.8. The smallest absolute Gasteiger partial charge is 0.191 e. The highest BCUT2D eigenvalue weighted by atomic mass is 32.1. The number of thiophene rings is 1. The summed E-state index contributed by atoms with van der Waals surface area (Å²) in [7, 11) is 1.75. The molecule has 2 heterocycles. The molecule has 0 fully saturated rings. The number of hydrogen-bond donors (Lipinski definition) is 2. The molecule has 80 valence electrons. The van der Waals surface area contributed by atoms with Crippen molar-refractivity contribution < 1.29 is 5.11 Å². The van der Waals surface area contributed by atoms with E-state index in [1.54, 1.807) is 23.1 Å². The molecule has 2 aromatic rings. The Morgan fingerprint density at radius 3 is 3.07 bits per heavy atom. The van der Waals surface area contributed by atoms with E-state index < -0.39 is 6.10 Å². The van der Waals surface area contributed by atoms with Gasteiger partial charge in [-0.25, -0.2) is 4.98 Å². The number of aromatic nitrogens is 3. The summed E-state index contributed by atoms with van der Waals surface area (Å²) in [6.45, 7) is 0.149. The van der Waals surface area contributed by atoms with E-state index >= 15 is 0 Å². The van der Waals surface area contributed by atoms with Crippen LogP contribution >= 0.6 is 11.3 Å². The Kier molecular flexibility index (Phi) is 2.81. The summed E-state index contributed by atoms with van der Waals surface area (Å²) < 4.78 is 1.56. The highest BCUT2D eigenvalue weighted by Crippen LogP contribution is 2.22. The minimum atomic E-state index is -0.754. The summed E-state index contributed by atoms with van der Waals surface area (Å²) in [6.07, 6.45) is -0.754. The summed E-state index contributed by atoms with van der Waals surface area (Å²) in [5.74, 6) is 1.14. The van der Waals surface area contributed by atoms with Gasteiger partial charge in [0.15, 0.2) is 11.6 Å². The van der Waals surface area contributed by atoms with Gasteiger partial charge in [-0.3, -0.25) is 4.68 Å². The number of hydrogen-bond acceptors (Lipinski definition) is 5. The monoisotopic (exact) mass is 224 g/mol. The molecular formula is C9H12N4OS. The Balaban J connectivity index is 2.37. The van der Waals surface area contributed by atoms with Crippen LogP contribution in [0.3, 0.4) is 0 Å². The normalized spacial score (nSPS) is 13.0. The van der Waals surface area contributed by atoms with E-state index in [-0.39, 0.29) is 6.54 Å². The third kappa shape index (κ3) is 1.92. The summed E-state index contributed by atoms with van der Waals surface area (Å²) in [5.41, 5.74) is 5.37. The zero-order valence-electron chi connectivity index (χ0n) is 8.29. The molecule has 0 aromatic carbocycles. The number of aliphatic hydroxyl groups excluding tert-OH is 1. The molecule has 0 spiro atoms. The molecule has 0 amide bonds. The lowest BCUT2D eigenvalue weighted by Crippen LogP contribution is -2.15.